The second-order valence-electron chi connectivity index (χ2n) is 6.88. The summed E-state index contributed by atoms with van der Waals surface area (Å²) in [6, 6.07) is 8.31. The summed E-state index contributed by atoms with van der Waals surface area (Å²) in [7, 11) is 2.09. The average Bonchev–Trinajstić information content (AvgIpc) is 2.48. The monoisotopic (exact) mass is 320 g/mol. The van der Waals surface area contributed by atoms with Crippen molar-refractivity contribution in [2.45, 2.75) is 32.4 Å². The van der Waals surface area contributed by atoms with E-state index in [4.69, 9.17) is 10.5 Å². The summed E-state index contributed by atoms with van der Waals surface area (Å²) in [4.78, 5) is 16.4. The minimum Gasteiger partial charge on any atom is -0.444 e. The fraction of sp³-hybridized carbons (Fsp3) is 0.588. The summed E-state index contributed by atoms with van der Waals surface area (Å²) < 4.78 is 5.29. The molecule has 0 saturated carbocycles. The number of nitrogens with two attached hydrogens (primary N) is 1. The Hall–Kier alpha value is -1.95. The van der Waals surface area contributed by atoms with Crippen LogP contribution in [0.1, 0.15) is 20.8 Å². The second-order valence-corrected chi connectivity index (χ2v) is 6.88. The van der Waals surface area contributed by atoms with Crippen molar-refractivity contribution >= 4 is 17.5 Å². The zero-order chi connectivity index (χ0) is 17.0. The topological polar surface area (TPSA) is 70.8 Å². The third kappa shape index (κ3) is 4.51. The van der Waals surface area contributed by atoms with Gasteiger partial charge in [0, 0.05) is 33.2 Å². The van der Waals surface area contributed by atoms with E-state index in [1.807, 2.05) is 32.9 Å². The first-order chi connectivity index (χ1) is 10.8. The van der Waals surface area contributed by atoms with Gasteiger partial charge in [0.1, 0.15) is 5.60 Å². The molecule has 1 aliphatic rings. The maximum atomic E-state index is 11.9. The van der Waals surface area contributed by atoms with Crippen LogP contribution >= 0.6 is 0 Å². The number of carbonyl (C=O) groups is 1. The number of alkyl carbamates (subject to hydrolysis) is 1. The highest BCUT2D eigenvalue weighted by atomic mass is 16.6. The number of amides is 1. The van der Waals surface area contributed by atoms with Crippen LogP contribution in [-0.2, 0) is 4.74 Å². The maximum absolute atomic E-state index is 11.9. The fourth-order valence-corrected chi connectivity index (χ4v) is 2.74. The summed E-state index contributed by atoms with van der Waals surface area (Å²) >= 11 is 0. The molecule has 0 aromatic heterocycles. The van der Waals surface area contributed by atoms with Crippen LogP contribution in [0.4, 0.5) is 16.2 Å². The number of hydrogen-bond acceptors (Lipinski definition) is 5. The Balaban J connectivity index is 2.04. The third-order valence-corrected chi connectivity index (χ3v) is 3.87. The number of benzene rings is 1. The molecule has 3 N–H and O–H groups in total. The first-order valence-electron chi connectivity index (χ1n) is 8.05. The normalized spacial score (nSPS) is 15.9. The number of nitrogens with zero attached hydrogens (tertiary/aromatic N) is 2. The van der Waals surface area contributed by atoms with Crippen molar-refractivity contribution < 1.29 is 9.53 Å². The van der Waals surface area contributed by atoms with Gasteiger partial charge in [0.15, 0.2) is 0 Å². The quantitative estimate of drug-likeness (QED) is 0.885. The molecule has 1 aromatic rings. The van der Waals surface area contributed by atoms with Gasteiger partial charge in [-0.05, 0) is 32.9 Å². The number of ether oxygens (including phenoxy) is 1. The fourth-order valence-electron chi connectivity index (χ4n) is 2.74. The molecule has 0 fully saturated rings. The SMILES string of the molecule is CN1CCN(C(CN)CNC(=O)OC(C)(C)C)c2ccccc21. The summed E-state index contributed by atoms with van der Waals surface area (Å²) in [5.74, 6) is 0. The van der Waals surface area contributed by atoms with E-state index in [1.54, 1.807) is 0 Å². The molecule has 0 bridgehead atoms. The molecule has 0 radical (unpaired) electrons. The molecule has 0 spiro atoms. The summed E-state index contributed by atoms with van der Waals surface area (Å²) in [6.07, 6.45) is -0.404. The number of hydrogen-bond donors (Lipinski definition) is 2. The van der Waals surface area contributed by atoms with Gasteiger partial charge in [0.05, 0.1) is 17.4 Å². The highest BCUT2D eigenvalue weighted by Crippen LogP contribution is 2.32. The molecular weight excluding hydrogens is 292 g/mol. The molecule has 1 aromatic carbocycles. The molecule has 1 atom stereocenters. The number of fused-ring (bicyclic) bond motifs is 1. The Bertz CT molecular complexity index is 542. The zero-order valence-electron chi connectivity index (χ0n) is 14.5. The number of anilines is 2. The van der Waals surface area contributed by atoms with Gasteiger partial charge in [0.2, 0.25) is 0 Å². The Labute approximate surface area is 138 Å². The average molecular weight is 320 g/mol. The van der Waals surface area contributed by atoms with Crippen molar-refractivity contribution in [2.24, 2.45) is 5.73 Å². The predicted molar refractivity (Wildman–Crippen MR) is 94.1 cm³/mol. The van der Waals surface area contributed by atoms with Crippen LogP contribution in [0.5, 0.6) is 0 Å². The van der Waals surface area contributed by atoms with Gasteiger partial charge in [-0.15, -0.1) is 0 Å². The Morgan fingerprint density at radius 3 is 2.57 bits per heavy atom. The first-order valence-corrected chi connectivity index (χ1v) is 8.05. The molecule has 1 unspecified atom stereocenters. The highest BCUT2D eigenvalue weighted by Gasteiger charge is 2.26. The van der Waals surface area contributed by atoms with Gasteiger partial charge in [-0.1, -0.05) is 12.1 Å². The van der Waals surface area contributed by atoms with Crippen LogP contribution in [0.15, 0.2) is 24.3 Å². The number of nitrogens with one attached hydrogen (secondary N) is 1. The van der Waals surface area contributed by atoms with Crippen LogP contribution in [0.3, 0.4) is 0 Å². The first kappa shape index (κ1) is 17.4. The molecule has 1 heterocycles. The maximum Gasteiger partial charge on any atom is 0.407 e. The van der Waals surface area contributed by atoms with Gasteiger partial charge in [-0.2, -0.15) is 0 Å². The molecule has 6 heteroatoms. The van der Waals surface area contributed by atoms with Crippen LogP contribution in [-0.4, -0.2) is 51.0 Å². The highest BCUT2D eigenvalue weighted by molar-refractivity contribution is 5.74. The number of carbonyl (C=O) groups excluding carboxylic acids is 1. The van der Waals surface area contributed by atoms with Crippen LogP contribution in [0, 0.1) is 0 Å². The summed E-state index contributed by atoms with van der Waals surface area (Å²) in [5.41, 5.74) is 7.81. The van der Waals surface area contributed by atoms with Crippen molar-refractivity contribution in [1.82, 2.24) is 5.32 Å². The van der Waals surface area contributed by atoms with E-state index in [2.05, 4.69) is 34.3 Å². The standard InChI is InChI=1S/C17H28N4O2/c1-17(2,3)23-16(22)19-12-13(11-18)21-10-9-20(4)14-7-5-6-8-15(14)21/h5-8,13H,9-12,18H2,1-4H3,(H,19,22). The van der Waals surface area contributed by atoms with Gasteiger partial charge in [-0.3, -0.25) is 0 Å². The number of para-hydroxylation sites is 2. The summed E-state index contributed by atoms with van der Waals surface area (Å²) in [5, 5.41) is 2.83. The van der Waals surface area contributed by atoms with E-state index in [0.29, 0.717) is 13.1 Å². The molecule has 0 saturated heterocycles. The Morgan fingerprint density at radius 2 is 1.96 bits per heavy atom. The minimum absolute atomic E-state index is 0.0392. The van der Waals surface area contributed by atoms with Gasteiger partial charge >= 0.3 is 6.09 Å². The third-order valence-electron chi connectivity index (χ3n) is 3.87. The molecular formula is C17H28N4O2. The lowest BCUT2D eigenvalue weighted by Crippen LogP contribution is -2.53. The lowest BCUT2D eigenvalue weighted by molar-refractivity contribution is 0.0524. The van der Waals surface area contributed by atoms with E-state index in [1.165, 1.54) is 5.69 Å². The van der Waals surface area contributed by atoms with Gasteiger partial charge in [-0.25, -0.2) is 4.79 Å². The Kier molecular flexibility index (Phi) is 5.36. The van der Waals surface area contributed by atoms with E-state index < -0.39 is 11.7 Å². The molecule has 1 amide bonds. The number of rotatable bonds is 4. The van der Waals surface area contributed by atoms with E-state index in [-0.39, 0.29) is 6.04 Å². The van der Waals surface area contributed by atoms with Crippen LogP contribution in [0.25, 0.3) is 0 Å². The van der Waals surface area contributed by atoms with Crippen molar-refractivity contribution in [3.05, 3.63) is 24.3 Å². The predicted octanol–water partition coefficient (Wildman–Crippen LogP) is 1.79. The van der Waals surface area contributed by atoms with Crippen molar-refractivity contribution in [1.29, 1.82) is 0 Å². The largest absolute Gasteiger partial charge is 0.444 e. The van der Waals surface area contributed by atoms with Crippen molar-refractivity contribution in [3.63, 3.8) is 0 Å². The van der Waals surface area contributed by atoms with Gasteiger partial charge < -0.3 is 25.6 Å². The zero-order valence-corrected chi connectivity index (χ0v) is 14.5. The molecule has 23 heavy (non-hydrogen) atoms. The number of likely N-dealkylation sites (N-methyl/N-ethyl adjacent to an activating group) is 1. The molecule has 6 nitrogen and oxygen atoms in total. The minimum atomic E-state index is -0.497. The van der Waals surface area contributed by atoms with Gasteiger partial charge in [0.25, 0.3) is 0 Å². The Morgan fingerprint density at radius 1 is 1.30 bits per heavy atom. The molecule has 0 aliphatic carbocycles. The van der Waals surface area contributed by atoms with Crippen molar-refractivity contribution in [3.8, 4) is 0 Å². The van der Waals surface area contributed by atoms with Crippen LogP contribution < -0.4 is 20.9 Å². The molecule has 2 rings (SSSR count). The van der Waals surface area contributed by atoms with Crippen molar-refractivity contribution in [2.75, 3.05) is 43.0 Å². The lowest BCUT2D eigenvalue weighted by atomic mass is 10.1. The molecule has 128 valence electrons. The van der Waals surface area contributed by atoms with E-state index in [0.717, 1.165) is 18.8 Å². The van der Waals surface area contributed by atoms with E-state index >= 15 is 0 Å². The lowest BCUT2D eigenvalue weighted by Gasteiger charge is -2.41. The smallest absolute Gasteiger partial charge is 0.407 e. The van der Waals surface area contributed by atoms with E-state index in [9.17, 15) is 4.79 Å². The summed E-state index contributed by atoms with van der Waals surface area (Å²) in [6.45, 7) is 8.29. The second kappa shape index (κ2) is 7.08. The van der Waals surface area contributed by atoms with Crippen LogP contribution in [0.2, 0.25) is 0 Å². The molecule has 1 aliphatic heterocycles.